The van der Waals surface area contributed by atoms with Gasteiger partial charge in [-0.3, -0.25) is 9.35 Å². The molecule has 0 aliphatic rings. The van der Waals surface area contributed by atoms with Crippen LogP contribution in [0.15, 0.2) is 12.7 Å². The predicted octanol–water partition coefficient (Wildman–Crippen LogP) is 5.35. The van der Waals surface area contributed by atoms with Crippen LogP contribution in [-0.2, 0) is 19.4 Å². The number of hydrogen-bond acceptors (Lipinski definition) is 4. The third-order valence-electron chi connectivity index (χ3n) is 4.92. The van der Waals surface area contributed by atoms with Crippen LogP contribution in [-0.4, -0.2) is 31.0 Å². The second-order valence-corrected chi connectivity index (χ2v) is 8.54. The Morgan fingerprint density at radius 2 is 1.39 bits per heavy atom. The lowest BCUT2D eigenvalue weighted by Gasteiger charge is -2.26. The van der Waals surface area contributed by atoms with Crippen molar-refractivity contribution in [3.63, 3.8) is 0 Å². The van der Waals surface area contributed by atoms with Gasteiger partial charge >= 0.3 is 10.4 Å². The monoisotopic (exact) mass is 419 g/mol. The topological polar surface area (TPSA) is 92.7 Å². The maximum absolute atomic E-state index is 11.8. The van der Waals surface area contributed by atoms with E-state index >= 15 is 0 Å². The summed E-state index contributed by atoms with van der Waals surface area (Å²) in [6.07, 6.45) is 14.5. The van der Waals surface area contributed by atoms with Crippen molar-refractivity contribution in [3.05, 3.63) is 12.7 Å². The lowest BCUT2D eigenvalue weighted by Crippen LogP contribution is -2.44. The van der Waals surface area contributed by atoms with Gasteiger partial charge in [-0.25, -0.2) is 4.18 Å². The molecule has 1 amide bonds. The molecular formula is C21H41NO5S. The van der Waals surface area contributed by atoms with E-state index in [0.29, 0.717) is 12.8 Å². The minimum Gasteiger partial charge on any atom is -0.347 e. The second-order valence-electron chi connectivity index (χ2n) is 7.49. The van der Waals surface area contributed by atoms with Crippen LogP contribution in [0.2, 0.25) is 0 Å². The summed E-state index contributed by atoms with van der Waals surface area (Å²) in [5, 5.41) is 2.80. The van der Waals surface area contributed by atoms with Crippen LogP contribution in [0.1, 0.15) is 104 Å². The van der Waals surface area contributed by atoms with Crippen molar-refractivity contribution in [1.82, 2.24) is 5.32 Å². The number of hydrogen-bond donors (Lipinski definition) is 2. The van der Waals surface area contributed by atoms with Gasteiger partial charge in [0.25, 0.3) is 0 Å². The van der Waals surface area contributed by atoms with Crippen molar-refractivity contribution >= 4 is 16.3 Å². The van der Waals surface area contributed by atoms with Gasteiger partial charge in [0, 0.05) is 0 Å². The number of rotatable bonds is 19. The average Bonchev–Trinajstić information content (AvgIpc) is 2.64. The standard InChI is InChI=1S/C21H41NO5S/c1-4-7-9-11-13-15-17-19(22-21(23)6-3)20(27-28(24,25)26)18-16-14-12-10-8-5-2/h6,19-20H,3-5,7-18H2,1-2H3,(H,22,23)(H,24,25,26). The van der Waals surface area contributed by atoms with E-state index in [9.17, 15) is 17.8 Å². The van der Waals surface area contributed by atoms with E-state index in [1.165, 1.54) is 38.2 Å². The maximum atomic E-state index is 11.8. The van der Waals surface area contributed by atoms with Crippen LogP contribution in [0, 0.1) is 0 Å². The number of nitrogens with one attached hydrogen (secondary N) is 1. The van der Waals surface area contributed by atoms with Crippen LogP contribution >= 0.6 is 0 Å². The fraction of sp³-hybridized carbons (Fsp3) is 0.857. The molecule has 0 heterocycles. The van der Waals surface area contributed by atoms with Gasteiger partial charge in [0.15, 0.2) is 0 Å². The Balaban J connectivity index is 4.76. The smallest absolute Gasteiger partial charge is 0.347 e. The summed E-state index contributed by atoms with van der Waals surface area (Å²) in [6.45, 7) is 7.79. The van der Waals surface area contributed by atoms with E-state index < -0.39 is 22.5 Å². The second kappa shape index (κ2) is 17.0. The summed E-state index contributed by atoms with van der Waals surface area (Å²) in [4.78, 5) is 11.8. The van der Waals surface area contributed by atoms with Crippen molar-refractivity contribution in [3.8, 4) is 0 Å². The van der Waals surface area contributed by atoms with Gasteiger partial charge < -0.3 is 5.32 Å². The number of amides is 1. The molecule has 0 fully saturated rings. The summed E-state index contributed by atoms with van der Waals surface area (Å²) in [5.74, 6) is -0.358. The van der Waals surface area contributed by atoms with E-state index in [4.69, 9.17) is 4.18 Å². The Hall–Kier alpha value is -0.920. The molecule has 28 heavy (non-hydrogen) atoms. The maximum Gasteiger partial charge on any atom is 0.397 e. The third-order valence-corrected chi connectivity index (χ3v) is 5.41. The zero-order valence-corrected chi connectivity index (χ0v) is 18.6. The Bertz CT molecular complexity index is 507. The number of carbonyl (C=O) groups excluding carboxylic acids is 1. The van der Waals surface area contributed by atoms with Crippen LogP contribution < -0.4 is 5.32 Å². The van der Waals surface area contributed by atoms with Crippen molar-refractivity contribution in [1.29, 1.82) is 0 Å². The van der Waals surface area contributed by atoms with E-state index in [1.807, 2.05) is 0 Å². The van der Waals surface area contributed by atoms with Gasteiger partial charge in [0.2, 0.25) is 5.91 Å². The Morgan fingerprint density at radius 1 is 0.929 bits per heavy atom. The van der Waals surface area contributed by atoms with Gasteiger partial charge in [0.1, 0.15) is 0 Å². The van der Waals surface area contributed by atoms with Gasteiger partial charge in [-0.2, -0.15) is 8.42 Å². The largest absolute Gasteiger partial charge is 0.397 e. The van der Waals surface area contributed by atoms with Gasteiger partial charge in [-0.15, -0.1) is 0 Å². The van der Waals surface area contributed by atoms with E-state index in [2.05, 4.69) is 25.7 Å². The first-order valence-corrected chi connectivity index (χ1v) is 12.3. The first-order valence-electron chi connectivity index (χ1n) is 10.9. The molecule has 2 unspecified atom stereocenters. The molecule has 0 bridgehead atoms. The molecule has 0 aromatic heterocycles. The minimum atomic E-state index is -4.58. The quantitative estimate of drug-likeness (QED) is 0.167. The van der Waals surface area contributed by atoms with Crippen molar-refractivity contribution < 1.29 is 21.9 Å². The molecule has 0 radical (unpaired) electrons. The molecule has 0 rings (SSSR count). The Morgan fingerprint density at radius 3 is 1.86 bits per heavy atom. The summed E-state index contributed by atoms with van der Waals surface area (Å²) in [5.41, 5.74) is 0. The summed E-state index contributed by atoms with van der Waals surface area (Å²) < 4.78 is 36.8. The number of carbonyl (C=O) groups is 1. The fourth-order valence-electron chi connectivity index (χ4n) is 3.34. The van der Waals surface area contributed by atoms with E-state index in [-0.39, 0.29) is 5.91 Å². The Kier molecular flexibility index (Phi) is 16.4. The molecule has 6 nitrogen and oxygen atoms in total. The van der Waals surface area contributed by atoms with E-state index in [0.717, 1.165) is 44.9 Å². The van der Waals surface area contributed by atoms with Crippen molar-refractivity contribution in [2.75, 3.05) is 0 Å². The van der Waals surface area contributed by atoms with Gasteiger partial charge in [-0.05, 0) is 18.9 Å². The molecular weight excluding hydrogens is 378 g/mol. The average molecular weight is 420 g/mol. The molecule has 0 aliphatic heterocycles. The molecule has 0 aromatic carbocycles. The highest BCUT2D eigenvalue weighted by atomic mass is 32.3. The first-order chi connectivity index (χ1) is 13.3. The first kappa shape index (κ1) is 27.1. The highest BCUT2D eigenvalue weighted by molar-refractivity contribution is 7.80. The highest BCUT2D eigenvalue weighted by Crippen LogP contribution is 2.19. The van der Waals surface area contributed by atoms with Crippen LogP contribution in [0.25, 0.3) is 0 Å². The molecule has 0 saturated heterocycles. The predicted molar refractivity (Wildman–Crippen MR) is 115 cm³/mol. The summed E-state index contributed by atoms with van der Waals surface area (Å²) in [7, 11) is -4.58. The van der Waals surface area contributed by atoms with E-state index in [1.54, 1.807) is 0 Å². The Labute approximate surface area is 172 Å². The number of unbranched alkanes of at least 4 members (excludes halogenated alkanes) is 10. The molecule has 0 aromatic rings. The zero-order chi connectivity index (χ0) is 21.3. The highest BCUT2D eigenvalue weighted by Gasteiger charge is 2.27. The van der Waals surface area contributed by atoms with Gasteiger partial charge in [0.05, 0.1) is 12.1 Å². The minimum absolute atomic E-state index is 0.358. The molecule has 0 aliphatic carbocycles. The summed E-state index contributed by atoms with van der Waals surface area (Å²) in [6, 6.07) is -0.464. The zero-order valence-electron chi connectivity index (χ0n) is 17.8. The van der Waals surface area contributed by atoms with Crippen molar-refractivity contribution in [2.24, 2.45) is 0 Å². The molecule has 2 atom stereocenters. The van der Waals surface area contributed by atoms with Gasteiger partial charge in [-0.1, -0.05) is 97.5 Å². The third kappa shape index (κ3) is 16.1. The molecule has 0 spiro atoms. The lowest BCUT2D eigenvalue weighted by molar-refractivity contribution is -0.118. The summed E-state index contributed by atoms with van der Waals surface area (Å²) >= 11 is 0. The SMILES string of the molecule is C=CC(=O)NC(CCCCCCCC)C(CCCCCCCC)OS(=O)(=O)O. The van der Waals surface area contributed by atoms with Crippen LogP contribution in [0.3, 0.4) is 0 Å². The molecule has 7 heteroatoms. The normalized spacial score (nSPS) is 13.8. The molecule has 2 N–H and O–H groups in total. The van der Waals surface area contributed by atoms with Crippen LogP contribution in [0.4, 0.5) is 0 Å². The molecule has 0 saturated carbocycles. The lowest BCUT2D eigenvalue weighted by atomic mass is 9.97. The van der Waals surface area contributed by atoms with Crippen LogP contribution in [0.5, 0.6) is 0 Å². The molecule has 166 valence electrons. The van der Waals surface area contributed by atoms with Crippen molar-refractivity contribution in [2.45, 2.75) is 116 Å². The fourth-order valence-corrected chi connectivity index (χ4v) is 3.88.